The number of phenols is 1. The highest BCUT2D eigenvalue weighted by atomic mass is 19.4. The molecule has 0 radical (unpaired) electrons. The van der Waals surface area contributed by atoms with Gasteiger partial charge in [-0.05, 0) is 25.0 Å². The van der Waals surface area contributed by atoms with Crippen LogP contribution >= 0.6 is 0 Å². The van der Waals surface area contributed by atoms with Crippen LogP contribution in [0.25, 0.3) is 0 Å². The van der Waals surface area contributed by atoms with E-state index in [4.69, 9.17) is 0 Å². The van der Waals surface area contributed by atoms with Gasteiger partial charge < -0.3 is 10.4 Å². The number of aromatic hydroxyl groups is 1. The molecule has 144 valence electrons. The van der Waals surface area contributed by atoms with E-state index in [0.717, 1.165) is 31.0 Å². The highest BCUT2D eigenvalue weighted by Crippen LogP contribution is 2.42. The van der Waals surface area contributed by atoms with Crippen LogP contribution in [0.15, 0.2) is 24.3 Å². The Labute approximate surface area is 150 Å². The number of benzene rings is 1. The number of carbonyl (C=O) groups is 1. The number of nitrogens with zero attached hydrogens (tertiary/aromatic N) is 3. The normalized spacial score (nSPS) is 14.2. The van der Waals surface area contributed by atoms with Crippen molar-refractivity contribution in [1.29, 1.82) is 0 Å². The van der Waals surface area contributed by atoms with Gasteiger partial charge in [-0.3, -0.25) is 19.6 Å². The number of hydrogen-bond acceptors (Lipinski definition) is 5. The lowest BCUT2D eigenvalue weighted by Gasteiger charge is -2.09. The molecule has 1 aromatic carbocycles. The van der Waals surface area contributed by atoms with Crippen molar-refractivity contribution in [2.24, 2.45) is 0 Å². The summed E-state index contributed by atoms with van der Waals surface area (Å²) in [6, 6.07) is 4.20. The highest BCUT2D eigenvalue weighted by Gasteiger charge is 2.37. The van der Waals surface area contributed by atoms with Crippen molar-refractivity contribution >= 4 is 17.3 Å². The Hall–Kier alpha value is -3.11. The zero-order valence-corrected chi connectivity index (χ0v) is 13.9. The standard InChI is InChI=1S/C16H15F3N4O4/c17-16(18,19)14-8-12(9-1-2-9)22(21-14)6-5-15(25)20-11-4-3-10(23(26)27)7-13(11)24/h3-4,7-9,24H,1-2,5-6H2,(H,20,25). The number of aromatic nitrogens is 2. The van der Waals surface area contributed by atoms with E-state index in [-0.39, 0.29) is 30.3 Å². The number of nitrogens with one attached hydrogen (secondary N) is 1. The molecule has 0 saturated heterocycles. The number of rotatable bonds is 6. The second-order valence-electron chi connectivity index (χ2n) is 6.21. The van der Waals surface area contributed by atoms with E-state index in [9.17, 15) is 33.2 Å². The summed E-state index contributed by atoms with van der Waals surface area (Å²) in [6.45, 7) is -0.0541. The largest absolute Gasteiger partial charge is 0.506 e. The van der Waals surface area contributed by atoms with Crippen molar-refractivity contribution in [3.05, 3.63) is 45.8 Å². The number of amides is 1. The van der Waals surface area contributed by atoms with Gasteiger partial charge in [0.25, 0.3) is 5.69 Å². The van der Waals surface area contributed by atoms with Gasteiger partial charge in [-0.25, -0.2) is 0 Å². The zero-order valence-electron chi connectivity index (χ0n) is 13.9. The molecule has 1 amide bonds. The molecule has 0 bridgehead atoms. The molecule has 8 nitrogen and oxygen atoms in total. The third kappa shape index (κ3) is 4.36. The number of aryl methyl sites for hydroxylation is 1. The molecule has 2 N–H and O–H groups in total. The minimum atomic E-state index is -4.55. The summed E-state index contributed by atoms with van der Waals surface area (Å²) in [4.78, 5) is 22.0. The molecule has 27 heavy (non-hydrogen) atoms. The molecule has 0 unspecified atom stereocenters. The van der Waals surface area contributed by atoms with Gasteiger partial charge in [-0.15, -0.1) is 0 Å². The molecule has 1 aliphatic rings. The summed E-state index contributed by atoms with van der Waals surface area (Å²) in [5, 5.41) is 26.3. The van der Waals surface area contributed by atoms with E-state index in [1.807, 2.05) is 0 Å². The minimum absolute atomic E-state index is 0.0235. The number of alkyl halides is 3. The van der Waals surface area contributed by atoms with Crippen molar-refractivity contribution in [3.63, 3.8) is 0 Å². The van der Waals surface area contributed by atoms with Gasteiger partial charge in [0.15, 0.2) is 5.69 Å². The molecule has 1 fully saturated rings. The number of hydrogen-bond donors (Lipinski definition) is 2. The first-order chi connectivity index (χ1) is 12.6. The van der Waals surface area contributed by atoms with Crippen molar-refractivity contribution < 1.29 is 28.0 Å². The topological polar surface area (TPSA) is 110 Å². The molecule has 0 spiro atoms. The van der Waals surface area contributed by atoms with E-state index in [1.54, 1.807) is 0 Å². The first-order valence-electron chi connectivity index (χ1n) is 8.07. The Balaban J connectivity index is 1.66. The maximum Gasteiger partial charge on any atom is 0.435 e. The summed E-state index contributed by atoms with van der Waals surface area (Å²) in [5.41, 5.74) is -0.897. The lowest BCUT2D eigenvalue weighted by atomic mass is 10.2. The first kappa shape index (κ1) is 18.7. The molecule has 2 aromatic rings. The number of anilines is 1. The molecule has 3 rings (SSSR count). The zero-order chi connectivity index (χ0) is 19.8. The summed E-state index contributed by atoms with van der Waals surface area (Å²) >= 11 is 0. The van der Waals surface area contributed by atoms with Crippen LogP contribution in [0.5, 0.6) is 5.75 Å². The molecule has 1 aromatic heterocycles. The number of phenolic OH excluding ortho intramolecular Hbond substituents is 1. The second-order valence-corrected chi connectivity index (χ2v) is 6.21. The highest BCUT2D eigenvalue weighted by molar-refractivity contribution is 5.92. The van der Waals surface area contributed by atoms with Crippen LogP contribution in [0.4, 0.5) is 24.5 Å². The fraction of sp³-hybridized carbons (Fsp3) is 0.375. The van der Waals surface area contributed by atoms with Gasteiger partial charge in [0, 0.05) is 30.6 Å². The van der Waals surface area contributed by atoms with Gasteiger partial charge in [0.1, 0.15) is 5.75 Å². The Morgan fingerprint density at radius 3 is 2.63 bits per heavy atom. The predicted molar refractivity (Wildman–Crippen MR) is 87.2 cm³/mol. The SMILES string of the molecule is O=C(CCn1nc(C(F)(F)F)cc1C1CC1)Nc1ccc([N+](=O)[O-])cc1O. The first-order valence-corrected chi connectivity index (χ1v) is 8.07. The molecule has 1 heterocycles. The van der Waals surface area contributed by atoms with Crippen LogP contribution in [0, 0.1) is 10.1 Å². The van der Waals surface area contributed by atoms with Gasteiger partial charge in [0.05, 0.1) is 16.7 Å². The van der Waals surface area contributed by atoms with Crippen LogP contribution in [-0.4, -0.2) is 25.7 Å². The van der Waals surface area contributed by atoms with Crippen LogP contribution < -0.4 is 5.32 Å². The number of carbonyl (C=O) groups excluding carboxylic acids is 1. The van der Waals surface area contributed by atoms with E-state index in [0.29, 0.717) is 5.69 Å². The Morgan fingerprint density at radius 2 is 2.07 bits per heavy atom. The molecule has 1 aliphatic carbocycles. The minimum Gasteiger partial charge on any atom is -0.506 e. The Kier molecular flexibility index (Phi) is 4.77. The maximum atomic E-state index is 12.9. The van der Waals surface area contributed by atoms with E-state index in [1.165, 1.54) is 10.7 Å². The Morgan fingerprint density at radius 1 is 1.37 bits per heavy atom. The van der Waals surface area contributed by atoms with Gasteiger partial charge in [-0.1, -0.05) is 0 Å². The second kappa shape index (κ2) is 6.89. The monoisotopic (exact) mass is 384 g/mol. The molecule has 0 atom stereocenters. The van der Waals surface area contributed by atoms with Gasteiger partial charge >= 0.3 is 6.18 Å². The van der Waals surface area contributed by atoms with Crippen molar-refractivity contribution in [3.8, 4) is 5.75 Å². The summed E-state index contributed by atoms with van der Waals surface area (Å²) < 4.78 is 39.8. The third-order valence-corrected chi connectivity index (χ3v) is 4.11. The Bertz CT molecular complexity index is 890. The summed E-state index contributed by atoms with van der Waals surface area (Å²) in [5.74, 6) is -1.02. The summed E-state index contributed by atoms with van der Waals surface area (Å²) in [7, 11) is 0. The molecular formula is C16H15F3N4O4. The van der Waals surface area contributed by atoms with Crippen molar-refractivity contribution in [2.75, 3.05) is 5.32 Å². The number of non-ortho nitro benzene ring substituents is 1. The summed E-state index contributed by atoms with van der Waals surface area (Å²) in [6.07, 6.45) is -3.16. The van der Waals surface area contributed by atoms with Crippen LogP contribution in [0.2, 0.25) is 0 Å². The third-order valence-electron chi connectivity index (χ3n) is 4.11. The number of halogens is 3. The van der Waals surface area contributed by atoms with Crippen LogP contribution in [0.3, 0.4) is 0 Å². The average molecular weight is 384 g/mol. The van der Waals surface area contributed by atoms with Crippen LogP contribution in [0.1, 0.15) is 36.6 Å². The van der Waals surface area contributed by atoms with Gasteiger partial charge in [0.2, 0.25) is 5.91 Å². The predicted octanol–water partition coefficient (Wildman–Crippen LogP) is 3.42. The van der Waals surface area contributed by atoms with E-state index >= 15 is 0 Å². The lowest BCUT2D eigenvalue weighted by Crippen LogP contribution is -2.16. The maximum absolute atomic E-state index is 12.9. The molecule has 11 heteroatoms. The van der Waals surface area contributed by atoms with E-state index in [2.05, 4.69) is 10.4 Å². The smallest absolute Gasteiger partial charge is 0.435 e. The number of nitro benzene ring substituents is 1. The fourth-order valence-corrected chi connectivity index (χ4v) is 2.62. The quantitative estimate of drug-likeness (QED) is 0.450. The molecule has 0 aliphatic heterocycles. The van der Waals surface area contributed by atoms with Crippen molar-refractivity contribution in [1.82, 2.24) is 9.78 Å². The number of nitro groups is 1. The van der Waals surface area contributed by atoms with E-state index < -0.39 is 28.5 Å². The van der Waals surface area contributed by atoms with Crippen molar-refractivity contribution in [2.45, 2.75) is 37.9 Å². The fourth-order valence-electron chi connectivity index (χ4n) is 2.62. The average Bonchev–Trinajstić information content (AvgIpc) is 3.32. The molecular weight excluding hydrogens is 369 g/mol. The van der Waals surface area contributed by atoms with Crippen LogP contribution in [-0.2, 0) is 17.5 Å². The lowest BCUT2D eigenvalue weighted by molar-refractivity contribution is -0.384. The van der Waals surface area contributed by atoms with Gasteiger partial charge in [-0.2, -0.15) is 18.3 Å². The molecule has 1 saturated carbocycles.